The van der Waals surface area contributed by atoms with Crippen LogP contribution in [0.25, 0.3) is 0 Å². The summed E-state index contributed by atoms with van der Waals surface area (Å²) in [5.74, 6) is 0.864. The smallest absolute Gasteiger partial charge is 0.158 e. The molecule has 0 aliphatic carbocycles. The van der Waals surface area contributed by atoms with Crippen LogP contribution in [0.5, 0.6) is 5.75 Å². The SMILES string of the molecule is Cc1cc(OCc2ccccc2)cc(COC2CCCCO2)c1Br. The molecule has 4 heteroatoms. The molecule has 3 rings (SSSR count). The predicted octanol–water partition coefficient (Wildman–Crippen LogP) is 5.38. The molecule has 0 N–H and O–H groups in total. The van der Waals surface area contributed by atoms with Crippen LogP contribution in [0.15, 0.2) is 46.9 Å². The van der Waals surface area contributed by atoms with E-state index in [1.165, 1.54) is 6.42 Å². The molecule has 1 aliphatic heterocycles. The number of hydrogen-bond acceptors (Lipinski definition) is 3. The van der Waals surface area contributed by atoms with E-state index in [1.54, 1.807) is 0 Å². The van der Waals surface area contributed by atoms with Gasteiger partial charge in [0.05, 0.1) is 6.61 Å². The molecule has 128 valence electrons. The van der Waals surface area contributed by atoms with Gasteiger partial charge in [-0.15, -0.1) is 0 Å². The van der Waals surface area contributed by atoms with Crippen molar-refractivity contribution in [3.8, 4) is 5.75 Å². The molecule has 0 saturated carbocycles. The van der Waals surface area contributed by atoms with E-state index < -0.39 is 0 Å². The van der Waals surface area contributed by atoms with Gasteiger partial charge in [-0.1, -0.05) is 46.3 Å². The summed E-state index contributed by atoms with van der Waals surface area (Å²) in [6.45, 7) is 3.95. The highest BCUT2D eigenvalue weighted by Crippen LogP contribution is 2.29. The Balaban J connectivity index is 1.64. The average molecular weight is 391 g/mol. The maximum absolute atomic E-state index is 5.95. The summed E-state index contributed by atoms with van der Waals surface area (Å²) in [7, 11) is 0. The summed E-state index contributed by atoms with van der Waals surface area (Å²) in [5.41, 5.74) is 3.39. The third kappa shape index (κ3) is 4.82. The minimum absolute atomic E-state index is 0.0835. The van der Waals surface area contributed by atoms with Crippen molar-refractivity contribution in [2.45, 2.75) is 45.7 Å². The fraction of sp³-hybridized carbons (Fsp3) is 0.400. The van der Waals surface area contributed by atoms with E-state index in [0.29, 0.717) is 13.2 Å². The lowest BCUT2D eigenvalue weighted by Gasteiger charge is -2.23. The molecule has 0 bridgehead atoms. The number of rotatable bonds is 6. The van der Waals surface area contributed by atoms with Crippen LogP contribution in [0.1, 0.15) is 36.0 Å². The Labute approximate surface area is 152 Å². The molecule has 1 unspecified atom stereocenters. The summed E-state index contributed by atoms with van der Waals surface area (Å²) in [4.78, 5) is 0. The third-order valence-electron chi connectivity index (χ3n) is 4.11. The molecule has 0 radical (unpaired) electrons. The Bertz CT molecular complexity index is 651. The third-order valence-corrected chi connectivity index (χ3v) is 5.25. The van der Waals surface area contributed by atoms with Crippen molar-refractivity contribution < 1.29 is 14.2 Å². The summed E-state index contributed by atoms with van der Waals surface area (Å²) in [5, 5.41) is 0. The fourth-order valence-corrected chi connectivity index (χ4v) is 3.10. The summed E-state index contributed by atoms with van der Waals surface area (Å²) in [6.07, 6.45) is 3.19. The molecule has 0 aromatic heterocycles. The van der Waals surface area contributed by atoms with Crippen LogP contribution >= 0.6 is 15.9 Å². The maximum atomic E-state index is 5.95. The number of halogens is 1. The fourth-order valence-electron chi connectivity index (χ4n) is 2.76. The van der Waals surface area contributed by atoms with Gasteiger partial charge in [0.15, 0.2) is 6.29 Å². The van der Waals surface area contributed by atoms with Gasteiger partial charge >= 0.3 is 0 Å². The van der Waals surface area contributed by atoms with Crippen molar-refractivity contribution in [2.24, 2.45) is 0 Å². The van der Waals surface area contributed by atoms with Crippen molar-refractivity contribution in [1.82, 2.24) is 0 Å². The van der Waals surface area contributed by atoms with Crippen molar-refractivity contribution in [1.29, 1.82) is 0 Å². The van der Waals surface area contributed by atoms with Gasteiger partial charge in [-0.3, -0.25) is 0 Å². The molecule has 3 nitrogen and oxygen atoms in total. The van der Waals surface area contributed by atoms with Crippen LogP contribution in [-0.4, -0.2) is 12.9 Å². The first-order valence-electron chi connectivity index (χ1n) is 8.41. The van der Waals surface area contributed by atoms with E-state index in [4.69, 9.17) is 14.2 Å². The zero-order chi connectivity index (χ0) is 16.8. The van der Waals surface area contributed by atoms with E-state index in [0.717, 1.165) is 46.4 Å². The van der Waals surface area contributed by atoms with E-state index in [-0.39, 0.29) is 6.29 Å². The largest absolute Gasteiger partial charge is 0.489 e. The topological polar surface area (TPSA) is 27.7 Å². The lowest BCUT2D eigenvalue weighted by Crippen LogP contribution is -2.22. The highest BCUT2D eigenvalue weighted by Gasteiger charge is 2.15. The molecule has 1 aliphatic rings. The Kier molecular flexibility index (Phi) is 6.30. The standard InChI is InChI=1S/C20H23BrO3/c1-15-11-18(23-13-16-7-3-2-4-8-16)12-17(20(15)21)14-24-19-9-5-6-10-22-19/h2-4,7-8,11-12,19H,5-6,9-10,13-14H2,1H3. The van der Waals surface area contributed by atoms with Crippen molar-refractivity contribution in [2.75, 3.05) is 6.61 Å². The second-order valence-electron chi connectivity index (χ2n) is 6.09. The molecule has 2 aromatic rings. The van der Waals surface area contributed by atoms with Crippen LogP contribution in [0.3, 0.4) is 0 Å². The average Bonchev–Trinajstić information content (AvgIpc) is 2.63. The van der Waals surface area contributed by atoms with Crippen LogP contribution in [0.2, 0.25) is 0 Å². The van der Waals surface area contributed by atoms with Crippen LogP contribution in [0, 0.1) is 6.92 Å². The molecular formula is C20H23BrO3. The van der Waals surface area contributed by atoms with E-state index in [1.807, 2.05) is 30.3 Å². The molecule has 1 fully saturated rings. The van der Waals surface area contributed by atoms with Crippen molar-refractivity contribution in [3.05, 3.63) is 63.6 Å². The summed E-state index contributed by atoms with van der Waals surface area (Å²) in [6, 6.07) is 14.3. The monoisotopic (exact) mass is 390 g/mol. The van der Waals surface area contributed by atoms with Gasteiger partial charge in [0.1, 0.15) is 12.4 Å². The second-order valence-corrected chi connectivity index (χ2v) is 6.89. The Morgan fingerprint density at radius 3 is 2.71 bits per heavy atom. The number of aryl methyl sites for hydroxylation is 1. The van der Waals surface area contributed by atoms with Crippen LogP contribution in [0.4, 0.5) is 0 Å². The van der Waals surface area contributed by atoms with Gasteiger partial charge in [0, 0.05) is 11.1 Å². The minimum atomic E-state index is -0.0835. The lowest BCUT2D eigenvalue weighted by molar-refractivity contribution is -0.169. The molecule has 1 heterocycles. The maximum Gasteiger partial charge on any atom is 0.158 e. The lowest BCUT2D eigenvalue weighted by atomic mass is 10.1. The Morgan fingerprint density at radius 1 is 1.12 bits per heavy atom. The molecule has 1 saturated heterocycles. The number of ether oxygens (including phenoxy) is 3. The van der Waals surface area contributed by atoms with Crippen LogP contribution in [-0.2, 0) is 22.7 Å². The zero-order valence-corrected chi connectivity index (χ0v) is 15.6. The highest BCUT2D eigenvalue weighted by molar-refractivity contribution is 9.10. The second kappa shape index (κ2) is 8.65. The quantitative estimate of drug-likeness (QED) is 0.662. The van der Waals surface area contributed by atoms with Crippen LogP contribution < -0.4 is 4.74 Å². The van der Waals surface area contributed by atoms with E-state index >= 15 is 0 Å². The van der Waals surface area contributed by atoms with Gasteiger partial charge in [-0.2, -0.15) is 0 Å². The van der Waals surface area contributed by atoms with Crippen molar-refractivity contribution in [3.63, 3.8) is 0 Å². The number of hydrogen-bond donors (Lipinski definition) is 0. The van der Waals surface area contributed by atoms with E-state index in [2.05, 4.69) is 35.0 Å². The van der Waals surface area contributed by atoms with Gasteiger partial charge in [0.2, 0.25) is 0 Å². The first-order chi connectivity index (χ1) is 11.7. The van der Waals surface area contributed by atoms with Gasteiger partial charge in [0.25, 0.3) is 0 Å². The molecule has 1 atom stereocenters. The normalized spacial score (nSPS) is 17.7. The summed E-state index contributed by atoms with van der Waals surface area (Å²) < 4.78 is 18.6. The molecule has 2 aromatic carbocycles. The molecular weight excluding hydrogens is 368 g/mol. The molecule has 0 amide bonds. The minimum Gasteiger partial charge on any atom is -0.489 e. The first-order valence-corrected chi connectivity index (χ1v) is 9.20. The van der Waals surface area contributed by atoms with Crippen molar-refractivity contribution >= 4 is 15.9 Å². The molecule has 24 heavy (non-hydrogen) atoms. The Hall–Kier alpha value is -1.36. The van der Waals surface area contributed by atoms with Gasteiger partial charge in [-0.25, -0.2) is 0 Å². The van der Waals surface area contributed by atoms with E-state index in [9.17, 15) is 0 Å². The van der Waals surface area contributed by atoms with Gasteiger partial charge in [-0.05, 0) is 55.0 Å². The number of benzene rings is 2. The summed E-state index contributed by atoms with van der Waals surface area (Å²) >= 11 is 3.66. The zero-order valence-electron chi connectivity index (χ0n) is 14.0. The predicted molar refractivity (Wildman–Crippen MR) is 98.0 cm³/mol. The highest BCUT2D eigenvalue weighted by atomic mass is 79.9. The Morgan fingerprint density at radius 2 is 1.96 bits per heavy atom. The first kappa shape index (κ1) is 17.5. The van der Waals surface area contributed by atoms with Gasteiger partial charge < -0.3 is 14.2 Å². The molecule has 0 spiro atoms.